The quantitative estimate of drug-likeness (QED) is 0.0497. The highest BCUT2D eigenvalue weighted by atomic mass is 33.1. The van der Waals surface area contributed by atoms with Gasteiger partial charge < -0.3 is 34.3 Å². The van der Waals surface area contributed by atoms with Crippen LogP contribution in [-0.4, -0.2) is 83.7 Å². The van der Waals surface area contributed by atoms with Crippen LogP contribution in [0.15, 0.2) is 96.0 Å². The summed E-state index contributed by atoms with van der Waals surface area (Å²) in [7, 11) is 4.44. The SMILES string of the molecule is CCCOCC(=O)CC(CSSC(C)(C)CCC(=O)Nc1cc(COc2cc3c(cc2C)C(=O)N2c4ccccc4C[C@H]2C=N3)cc(COc2cc3c(cc2OC)C(=O)N2c4ccccc4C[C@H]2CC3)c1)C(=O)O. The summed E-state index contributed by atoms with van der Waals surface area (Å²) in [5, 5.41) is 12.9. The normalized spacial score (nSPS) is 16.7. The molecule has 3 amide bonds. The molecule has 4 aliphatic rings. The van der Waals surface area contributed by atoms with Crippen molar-refractivity contribution in [2.75, 3.05) is 41.2 Å². The minimum atomic E-state index is -1.02. The average molecular weight is 1040 g/mol. The van der Waals surface area contributed by atoms with E-state index in [1.165, 1.54) is 27.2 Å². The maximum absolute atomic E-state index is 14.2. The van der Waals surface area contributed by atoms with E-state index in [0.29, 0.717) is 65.6 Å². The van der Waals surface area contributed by atoms with E-state index in [-0.39, 0.29) is 74.0 Å². The molecule has 5 aromatic carbocycles. The van der Waals surface area contributed by atoms with Gasteiger partial charge in [-0.2, -0.15) is 0 Å². The van der Waals surface area contributed by atoms with Gasteiger partial charge >= 0.3 is 5.97 Å². The minimum Gasteiger partial charge on any atom is -0.493 e. The van der Waals surface area contributed by atoms with Gasteiger partial charge in [-0.05, 0) is 135 Å². The lowest BCUT2D eigenvalue weighted by Gasteiger charge is -2.24. The number of anilines is 3. The van der Waals surface area contributed by atoms with Crippen LogP contribution in [0.1, 0.15) is 107 Å². The van der Waals surface area contributed by atoms with Gasteiger partial charge in [-0.3, -0.25) is 33.9 Å². The Kier molecular flexibility index (Phi) is 16.2. The van der Waals surface area contributed by atoms with Crippen molar-refractivity contribution in [1.29, 1.82) is 0 Å². The third-order valence-electron chi connectivity index (χ3n) is 13.9. The Bertz CT molecular complexity index is 3010. The lowest BCUT2D eigenvalue weighted by atomic mass is 9.99. The van der Waals surface area contributed by atoms with Crippen LogP contribution in [0.2, 0.25) is 0 Å². The van der Waals surface area contributed by atoms with E-state index in [9.17, 15) is 29.1 Å². The number of aliphatic carboxylic acids is 1. The molecule has 9 rings (SSSR count). The molecule has 1 unspecified atom stereocenters. The summed E-state index contributed by atoms with van der Waals surface area (Å²) in [5.74, 6) is -0.734. The maximum Gasteiger partial charge on any atom is 0.307 e. The molecule has 4 aliphatic heterocycles. The second kappa shape index (κ2) is 22.9. The number of benzene rings is 5. The Hall–Kier alpha value is -6.62. The van der Waals surface area contributed by atoms with Gasteiger partial charge in [0.1, 0.15) is 25.6 Å². The number of methoxy groups -OCH3 is 1. The van der Waals surface area contributed by atoms with E-state index < -0.39 is 16.6 Å². The summed E-state index contributed by atoms with van der Waals surface area (Å²) in [6.07, 6.45) is 6.21. The van der Waals surface area contributed by atoms with Crippen molar-refractivity contribution >= 4 is 80.0 Å². The van der Waals surface area contributed by atoms with Crippen LogP contribution in [0.5, 0.6) is 17.2 Å². The van der Waals surface area contributed by atoms with E-state index in [1.807, 2.05) is 123 Å². The number of fused-ring (bicyclic) bond motifs is 8. The number of carbonyl (C=O) groups is 5. The molecule has 5 aromatic rings. The Morgan fingerprint density at radius 1 is 0.838 bits per heavy atom. The number of para-hydroxylation sites is 2. The molecule has 16 heteroatoms. The number of hydrogen-bond acceptors (Lipinski definition) is 12. The van der Waals surface area contributed by atoms with Crippen LogP contribution in [-0.2, 0) is 51.6 Å². The molecule has 0 saturated carbocycles. The van der Waals surface area contributed by atoms with Crippen LogP contribution in [0.3, 0.4) is 0 Å². The van der Waals surface area contributed by atoms with Gasteiger partial charge in [0.25, 0.3) is 11.8 Å². The lowest BCUT2D eigenvalue weighted by Crippen LogP contribution is -2.37. The highest BCUT2D eigenvalue weighted by Gasteiger charge is 2.39. The summed E-state index contributed by atoms with van der Waals surface area (Å²) in [4.78, 5) is 74.8. The molecule has 0 spiro atoms. The van der Waals surface area contributed by atoms with Gasteiger partial charge in [0, 0.05) is 77.3 Å². The average Bonchev–Trinajstić information content (AvgIpc) is 3.88. The van der Waals surface area contributed by atoms with Crippen molar-refractivity contribution in [2.45, 2.75) is 109 Å². The molecule has 3 atom stereocenters. The van der Waals surface area contributed by atoms with Crippen LogP contribution < -0.4 is 29.3 Å². The molecule has 0 fully saturated rings. The van der Waals surface area contributed by atoms with Gasteiger partial charge in [0.2, 0.25) is 5.91 Å². The third kappa shape index (κ3) is 11.8. The van der Waals surface area contributed by atoms with Gasteiger partial charge in [0.15, 0.2) is 17.3 Å². The number of carboxylic acid groups (broad SMARTS) is 1. The Balaban J connectivity index is 0.904. The molecule has 0 aliphatic carbocycles. The molecule has 386 valence electrons. The zero-order valence-corrected chi connectivity index (χ0v) is 44.1. The molecule has 0 bridgehead atoms. The zero-order valence-electron chi connectivity index (χ0n) is 42.4. The Morgan fingerprint density at radius 3 is 2.24 bits per heavy atom. The van der Waals surface area contributed by atoms with Crippen molar-refractivity contribution in [3.8, 4) is 17.2 Å². The third-order valence-corrected chi connectivity index (χ3v) is 17.3. The second-order valence-corrected chi connectivity index (χ2v) is 23.0. The number of amides is 3. The number of carbonyl (C=O) groups excluding carboxylic acids is 4. The van der Waals surface area contributed by atoms with Crippen LogP contribution in [0.25, 0.3) is 0 Å². The van der Waals surface area contributed by atoms with E-state index in [2.05, 4.69) is 11.4 Å². The first kappa shape index (κ1) is 52.3. The minimum absolute atomic E-state index is 0.0516. The molecule has 74 heavy (non-hydrogen) atoms. The summed E-state index contributed by atoms with van der Waals surface area (Å²) in [6.45, 7) is 8.45. The van der Waals surface area contributed by atoms with Crippen LogP contribution >= 0.6 is 21.6 Å². The number of aliphatic imine (C=N–C) groups is 1. The Labute approximate surface area is 440 Å². The van der Waals surface area contributed by atoms with Crippen molar-refractivity contribution in [2.24, 2.45) is 10.9 Å². The predicted molar refractivity (Wildman–Crippen MR) is 291 cm³/mol. The molecule has 2 N–H and O–H groups in total. The standard InChI is InChI=1S/C58H62N4O10S2/c1-6-19-70-33-45(63)26-41(57(67)68)34-73-74-58(3,4)18-17-54(64)60-42-22-36(31-71-51-29-48-47(20-35(51)2)56(66)62-44(30-59-48)25-40-12-8-10-14-50(40)62)21-37(23-42)32-72-53-27-38-15-16-43-24-39-11-7-9-13-49(39)61(43)55(65)46(38)28-52(53)69-5/h7-14,20-23,27-30,41,43-44H,6,15-19,24-26,31-34H2,1-5H3,(H,60,64)(H,67,68)/t41?,43-,44+/m1/s1. The topological polar surface area (TPSA) is 173 Å². The summed E-state index contributed by atoms with van der Waals surface area (Å²) < 4.78 is 23.8. The van der Waals surface area contributed by atoms with E-state index >= 15 is 0 Å². The summed E-state index contributed by atoms with van der Waals surface area (Å²) in [5.41, 5.74) is 9.48. The van der Waals surface area contributed by atoms with Gasteiger partial charge in [-0.1, -0.05) is 64.9 Å². The van der Waals surface area contributed by atoms with Crippen molar-refractivity contribution in [3.63, 3.8) is 0 Å². The largest absolute Gasteiger partial charge is 0.493 e. The smallest absolute Gasteiger partial charge is 0.307 e. The molecule has 0 radical (unpaired) electrons. The van der Waals surface area contributed by atoms with Crippen molar-refractivity contribution < 1.29 is 48.0 Å². The molecule has 4 heterocycles. The number of ether oxygens (including phenoxy) is 4. The molecular formula is C58H62N4O10S2. The number of aryl methyl sites for hydroxylation is 2. The zero-order chi connectivity index (χ0) is 52.1. The number of rotatable bonds is 22. The lowest BCUT2D eigenvalue weighted by molar-refractivity contribution is -0.143. The van der Waals surface area contributed by atoms with Gasteiger partial charge in [-0.15, -0.1) is 0 Å². The molecular weight excluding hydrogens is 977 g/mol. The summed E-state index contributed by atoms with van der Waals surface area (Å²) >= 11 is 0. The number of Topliss-reactive ketones (excluding diaryl/α,β-unsaturated/α-hetero) is 1. The fourth-order valence-electron chi connectivity index (χ4n) is 10.1. The van der Waals surface area contributed by atoms with E-state index in [0.717, 1.165) is 58.5 Å². The van der Waals surface area contributed by atoms with Crippen LogP contribution in [0.4, 0.5) is 22.7 Å². The number of nitrogens with zero attached hydrogens (tertiary/aromatic N) is 3. The monoisotopic (exact) mass is 1040 g/mol. The fourth-order valence-corrected chi connectivity index (χ4v) is 13.0. The number of ketones is 1. The van der Waals surface area contributed by atoms with E-state index in [4.69, 9.17) is 23.9 Å². The highest BCUT2D eigenvalue weighted by Crippen LogP contribution is 2.43. The molecule has 0 saturated heterocycles. The number of carboxylic acids is 1. The fraction of sp³-hybridized carbons (Fsp3) is 0.379. The van der Waals surface area contributed by atoms with Gasteiger partial charge in [0.05, 0.1) is 30.3 Å². The summed E-state index contributed by atoms with van der Waals surface area (Å²) in [6, 6.07) is 28.9. The molecule has 14 nitrogen and oxygen atoms in total. The predicted octanol–water partition coefficient (Wildman–Crippen LogP) is 10.9. The first-order valence-corrected chi connectivity index (χ1v) is 27.5. The number of nitrogens with one attached hydrogen (secondary N) is 1. The maximum atomic E-state index is 14.2. The highest BCUT2D eigenvalue weighted by molar-refractivity contribution is 8.77. The van der Waals surface area contributed by atoms with Crippen molar-refractivity contribution in [1.82, 2.24) is 0 Å². The first-order valence-electron chi connectivity index (χ1n) is 25.2. The van der Waals surface area contributed by atoms with Crippen molar-refractivity contribution in [3.05, 3.63) is 136 Å². The second-order valence-electron chi connectivity index (χ2n) is 20.0. The first-order chi connectivity index (χ1) is 35.7. The Morgan fingerprint density at radius 2 is 1.53 bits per heavy atom. The van der Waals surface area contributed by atoms with Crippen LogP contribution in [0, 0.1) is 12.8 Å². The van der Waals surface area contributed by atoms with Gasteiger partial charge in [-0.25, -0.2) is 0 Å². The van der Waals surface area contributed by atoms with E-state index in [1.54, 1.807) is 13.2 Å². The number of hydrogen-bond donors (Lipinski definition) is 2. The molecule has 0 aromatic heterocycles.